The minimum absolute atomic E-state index is 0. The Labute approximate surface area is 114 Å². The number of nitrogens with zero attached hydrogens (tertiary/aromatic N) is 3. The number of nitriles is 1. The molecule has 1 aliphatic rings. The number of nitrogens with two attached hydrogens (primary N) is 1. The molecular formula is C10H13ClN4O4. The molecule has 2 heterocycles. The molecule has 19 heavy (non-hydrogen) atoms. The van der Waals surface area contributed by atoms with Gasteiger partial charge in [-0.15, -0.1) is 12.4 Å². The van der Waals surface area contributed by atoms with Crippen LogP contribution < -0.4 is 11.4 Å². The van der Waals surface area contributed by atoms with Gasteiger partial charge in [-0.2, -0.15) is 10.2 Å². The zero-order chi connectivity index (χ0) is 13.3. The lowest BCUT2D eigenvalue weighted by Gasteiger charge is -2.16. The monoisotopic (exact) mass is 288 g/mol. The van der Waals surface area contributed by atoms with E-state index in [2.05, 4.69) is 4.98 Å². The molecule has 1 aliphatic heterocycles. The molecule has 0 saturated carbocycles. The highest BCUT2D eigenvalue weighted by Gasteiger charge is 2.45. The first kappa shape index (κ1) is 15.4. The molecule has 0 aromatic carbocycles. The van der Waals surface area contributed by atoms with Gasteiger partial charge in [0.25, 0.3) is 0 Å². The number of nitrogen functional groups attached to an aromatic ring is 1. The average Bonchev–Trinajstić information content (AvgIpc) is 2.65. The van der Waals surface area contributed by atoms with Crippen molar-refractivity contribution in [2.45, 2.75) is 18.4 Å². The molecule has 4 atom stereocenters. The zero-order valence-corrected chi connectivity index (χ0v) is 10.5. The molecule has 1 aromatic rings. The Morgan fingerprint density at radius 3 is 2.84 bits per heavy atom. The van der Waals surface area contributed by atoms with Crippen molar-refractivity contribution in [3.8, 4) is 6.07 Å². The highest BCUT2D eigenvalue weighted by molar-refractivity contribution is 5.85. The molecule has 0 unspecified atom stereocenters. The lowest BCUT2D eigenvalue weighted by molar-refractivity contribution is -0.0469. The summed E-state index contributed by atoms with van der Waals surface area (Å²) in [6.07, 6.45) is -1.70. The molecule has 104 valence electrons. The van der Waals surface area contributed by atoms with Crippen molar-refractivity contribution in [1.29, 1.82) is 5.26 Å². The van der Waals surface area contributed by atoms with E-state index in [0.29, 0.717) is 0 Å². The van der Waals surface area contributed by atoms with Gasteiger partial charge in [0.05, 0.1) is 12.7 Å². The number of rotatable bonds is 2. The second kappa shape index (κ2) is 5.99. The lowest BCUT2D eigenvalue weighted by atomic mass is 10.0. The predicted octanol–water partition coefficient (Wildman–Crippen LogP) is -1.36. The number of aromatic nitrogens is 2. The van der Waals surface area contributed by atoms with Gasteiger partial charge in [0.15, 0.2) is 6.23 Å². The molecule has 8 nitrogen and oxygen atoms in total. The van der Waals surface area contributed by atoms with Gasteiger partial charge in [0.2, 0.25) is 0 Å². The highest BCUT2D eigenvalue weighted by Crippen LogP contribution is 2.33. The molecule has 0 aliphatic carbocycles. The van der Waals surface area contributed by atoms with Crippen LogP contribution in [0.4, 0.5) is 5.82 Å². The van der Waals surface area contributed by atoms with Crippen LogP contribution in [0, 0.1) is 17.2 Å². The third-order valence-electron chi connectivity index (χ3n) is 2.82. The largest absolute Gasteiger partial charge is 0.394 e. The Kier molecular flexibility index (Phi) is 4.85. The fourth-order valence-electron chi connectivity index (χ4n) is 1.89. The summed E-state index contributed by atoms with van der Waals surface area (Å²) < 4.78 is 6.37. The number of hydrogen-bond acceptors (Lipinski definition) is 7. The number of aliphatic hydroxyl groups is 2. The second-order valence-corrected chi connectivity index (χ2v) is 3.94. The van der Waals surface area contributed by atoms with Gasteiger partial charge in [-0.1, -0.05) is 0 Å². The summed E-state index contributed by atoms with van der Waals surface area (Å²) in [4.78, 5) is 15.1. The summed E-state index contributed by atoms with van der Waals surface area (Å²) in [6, 6.07) is 3.25. The van der Waals surface area contributed by atoms with Gasteiger partial charge in [-0.3, -0.25) is 4.57 Å². The Morgan fingerprint density at radius 1 is 1.63 bits per heavy atom. The molecule has 2 rings (SSSR count). The lowest BCUT2D eigenvalue weighted by Crippen LogP contribution is -2.31. The molecule has 1 fully saturated rings. The van der Waals surface area contributed by atoms with Crippen LogP contribution in [0.15, 0.2) is 17.1 Å². The number of halogens is 1. The molecule has 1 saturated heterocycles. The Morgan fingerprint density at radius 2 is 2.32 bits per heavy atom. The smallest absolute Gasteiger partial charge is 0.351 e. The standard InChI is InChI=1S/C10H12N4O4.ClH/c11-3-5-8(16)6(4-15)18-9(5)14-2-1-7(12)13-10(14)17;/h1-2,5-6,8-9,15-16H,4H2,(H2,12,13,17);1H/t5-,6+,8-,9+;/m0./s1. The van der Waals surface area contributed by atoms with Crippen molar-refractivity contribution in [3.05, 3.63) is 22.7 Å². The second-order valence-electron chi connectivity index (χ2n) is 3.94. The van der Waals surface area contributed by atoms with E-state index in [9.17, 15) is 9.90 Å². The van der Waals surface area contributed by atoms with E-state index in [1.165, 1.54) is 12.3 Å². The molecule has 1 aromatic heterocycles. The summed E-state index contributed by atoms with van der Waals surface area (Å²) in [6.45, 7) is -0.438. The number of aliphatic hydroxyl groups excluding tert-OH is 2. The first-order valence-corrected chi connectivity index (χ1v) is 5.27. The maximum atomic E-state index is 11.6. The van der Waals surface area contributed by atoms with Crippen molar-refractivity contribution in [2.24, 2.45) is 5.92 Å². The van der Waals surface area contributed by atoms with Crippen molar-refractivity contribution < 1.29 is 14.9 Å². The molecular weight excluding hydrogens is 276 g/mol. The normalized spacial score (nSPS) is 29.5. The Balaban J connectivity index is 0.00000180. The van der Waals surface area contributed by atoms with Gasteiger partial charge in [0, 0.05) is 6.20 Å². The maximum absolute atomic E-state index is 11.6. The predicted molar refractivity (Wildman–Crippen MR) is 66.3 cm³/mol. The number of anilines is 1. The van der Waals surface area contributed by atoms with Crippen molar-refractivity contribution >= 4 is 18.2 Å². The van der Waals surface area contributed by atoms with Gasteiger partial charge >= 0.3 is 5.69 Å². The summed E-state index contributed by atoms with van der Waals surface area (Å²) in [5.74, 6) is -0.896. The van der Waals surface area contributed by atoms with Gasteiger partial charge < -0.3 is 20.7 Å². The van der Waals surface area contributed by atoms with Crippen LogP contribution in [0.5, 0.6) is 0 Å². The van der Waals surface area contributed by atoms with Gasteiger partial charge in [-0.25, -0.2) is 4.79 Å². The van der Waals surface area contributed by atoms with Gasteiger partial charge in [0.1, 0.15) is 23.9 Å². The minimum atomic E-state index is -1.16. The van der Waals surface area contributed by atoms with Crippen LogP contribution in [0.25, 0.3) is 0 Å². The quantitative estimate of drug-likeness (QED) is 0.611. The summed E-state index contributed by atoms with van der Waals surface area (Å²) >= 11 is 0. The van der Waals surface area contributed by atoms with Crippen LogP contribution in [0.1, 0.15) is 6.23 Å². The van der Waals surface area contributed by atoms with Crippen LogP contribution in [0.3, 0.4) is 0 Å². The molecule has 0 bridgehead atoms. The molecule has 0 amide bonds. The molecule has 9 heteroatoms. The molecule has 4 N–H and O–H groups in total. The van der Waals surface area contributed by atoms with Crippen molar-refractivity contribution in [1.82, 2.24) is 9.55 Å². The summed E-state index contributed by atoms with van der Waals surface area (Å²) in [5, 5.41) is 27.8. The fourth-order valence-corrected chi connectivity index (χ4v) is 1.89. The van der Waals surface area contributed by atoms with E-state index in [1.807, 2.05) is 6.07 Å². The molecule has 0 radical (unpaired) electrons. The summed E-state index contributed by atoms with van der Waals surface area (Å²) in [7, 11) is 0. The molecule has 0 spiro atoms. The van der Waals surface area contributed by atoms with Crippen LogP contribution in [-0.4, -0.2) is 38.6 Å². The van der Waals surface area contributed by atoms with Crippen molar-refractivity contribution in [3.63, 3.8) is 0 Å². The Hall–Kier alpha value is -1.66. The summed E-state index contributed by atoms with van der Waals surface area (Å²) in [5.41, 5.74) is 4.68. The van der Waals surface area contributed by atoms with Crippen molar-refractivity contribution in [2.75, 3.05) is 12.3 Å². The van der Waals surface area contributed by atoms with Gasteiger partial charge in [-0.05, 0) is 6.07 Å². The number of ether oxygens (including phenoxy) is 1. The number of hydrogen-bond donors (Lipinski definition) is 3. The van der Waals surface area contributed by atoms with Crippen LogP contribution in [-0.2, 0) is 4.74 Å². The topological polar surface area (TPSA) is 134 Å². The first-order valence-electron chi connectivity index (χ1n) is 5.27. The zero-order valence-electron chi connectivity index (χ0n) is 9.71. The van der Waals surface area contributed by atoms with E-state index < -0.39 is 36.7 Å². The Bertz CT molecular complexity index is 543. The third kappa shape index (κ3) is 2.69. The third-order valence-corrected chi connectivity index (χ3v) is 2.82. The highest BCUT2D eigenvalue weighted by atomic mass is 35.5. The maximum Gasteiger partial charge on any atom is 0.351 e. The fraction of sp³-hybridized carbons (Fsp3) is 0.500. The van der Waals surface area contributed by atoms with E-state index in [4.69, 9.17) is 20.8 Å². The average molecular weight is 289 g/mol. The van der Waals surface area contributed by atoms with Crippen LogP contribution >= 0.6 is 12.4 Å². The van der Waals surface area contributed by atoms with E-state index in [-0.39, 0.29) is 18.2 Å². The first-order chi connectivity index (χ1) is 8.58. The SMILES string of the molecule is Cl.N#C[C@H]1[C@H](O)[C@@H](CO)O[C@H]1n1ccc(N)nc1=O. The van der Waals surface area contributed by atoms with E-state index in [1.54, 1.807) is 0 Å². The van der Waals surface area contributed by atoms with E-state index >= 15 is 0 Å². The van der Waals surface area contributed by atoms with Crippen LogP contribution in [0.2, 0.25) is 0 Å². The van der Waals surface area contributed by atoms with E-state index in [0.717, 1.165) is 4.57 Å². The minimum Gasteiger partial charge on any atom is -0.394 e.